The third-order valence-corrected chi connectivity index (χ3v) is 3.36. The molecule has 0 aliphatic carbocycles. The highest BCUT2D eigenvalue weighted by molar-refractivity contribution is 9.10. The number of nitrogens with zero attached hydrogens (tertiary/aromatic N) is 1. The van der Waals surface area contributed by atoms with Gasteiger partial charge in [-0.3, -0.25) is 0 Å². The first-order valence-corrected chi connectivity index (χ1v) is 6.56. The molecule has 3 nitrogen and oxygen atoms in total. The number of anilines is 4. The van der Waals surface area contributed by atoms with E-state index in [0.29, 0.717) is 15.8 Å². The summed E-state index contributed by atoms with van der Waals surface area (Å²) in [5.41, 5.74) is 8.81. The quantitative estimate of drug-likeness (QED) is 0.839. The van der Waals surface area contributed by atoms with Crippen LogP contribution in [0.3, 0.4) is 0 Å². The number of nitrogen functional groups attached to an aromatic ring is 1. The predicted octanol–water partition coefficient (Wildman–Crippen LogP) is 3.98. The van der Waals surface area contributed by atoms with E-state index < -0.39 is 0 Å². The summed E-state index contributed by atoms with van der Waals surface area (Å²) >= 11 is 3.16. The van der Waals surface area contributed by atoms with E-state index in [1.165, 1.54) is 6.07 Å². The van der Waals surface area contributed by atoms with Crippen LogP contribution in [0.4, 0.5) is 27.1 Å². The molecule has 0 unspecified atom stereocenters. The van der Waals surface area contributed by atoms with Crippen LogP contribution < -0.4 is 16.0 Å². The van der Waals surface area contributed by atoms with Crippen molar-refractivity contribution in [2.24, 2.45) is 0 Å². The van der Waals surface area contributed by atoms with Gasteiger partial charge in [-0.15, -0.1) is 0 Å². The van der Waals surface area contributed by atoms with Gasteiger partial charge in [-0.1, -0.05) is 12.1 Å². The van der Waals surface area contributed by atoms with Gasteiger partial charge in [0.15, 0.2) is 0 Å². The second-order valence-corrected chi connectivity index (χ2v) is 5.24. The van der Waals surface area contributed by atoms with Crippen molar-refractivity contribution in [3.63, 3.8) is 0 Å². The fourth-order valence-electron chi connectivity index (χ4n) is 1.78. The lowest BCUT2D eigenvalue weighted by Gasteiger charge is -2.19. The van der Waals surface area contributed by atoms with Crippen LogP contribution in [-0.4, -0.2) is 14.1 Å². The summed E-state index contributed by atoms with van der Waals surface area (Å²) in [5, 5.41) is 3.23. The zero-order valence-corrected chi connectivity index (χ0v) is 12.3. The van der Waals surface area contributed by atoms with Gasteiger partial charge >= 0.3 is 0 Å². The van der Waals surface area contributed by atoms with E-state index in [2.05, 4.69) is 21.2 Å². The van der Waals surface area contributed by atoms with E-state index >= 15 is 0 Å². The van der Waals surface area contributed by atoms with Gasteiger partial charge in [0.05, 0.1) is 27.2 Å². The van der Waals surface area contributed by atoms with Crippen LogP contribution in [0, 0.1) is 5.82 Å². The second-order valence-electron chi connectivity index (χ2n) is 4.39. The molecule has 0 aromatic heterocycles. The summed E-state index contributed by atoms with van der Waals surface area (Å²) in [6.45, 7) is 0. The van der Waals surface area contributed by atoms with Crippen LogP contribution in [0.25, 0.3) is 0 Å². The van der Waals surface area contributed by atoms with Gasteiger partial charge in [-0.05, 0) is 34.1 Å². The third kappa shape index (κ3) is 2.98. The van der Waals surface area contributed by atoms with Crippen molar-refractivity contribution in [3.05, 3.63) is 46.7 Å². The van der Waals surface area contributed by atoms with Gasteiger partial charge in [-0.25, -0.2) is 4.39 Å². The Morgan fingerprint density at radius 3 is 2.53 bits per heavy atom. The van der Waals surface area contributed by atoms with Crippen LogP contribution in [0.2, 0.25) is 0 Å². The first-order valence-electron chi connectivity index (χ1n) is 5.77. The van der Waals surface area contributed by atoms with Crippen molar-refractivity contribution in [2.75, 3.05) is 30.0 Å². The number of hydrogen-bond acceptors (Lipinski definition) is 3. The summed E-state index contributed by atoms with van der Waals surface area (Å²) in [4.78, 5) is 2.00. The summed E-state index contributed by atoms with van der Waals surface area (Å²) in [6.07, 6.45) is 0. The van der Waals surface area contributed by atoms with Gasteiger partial charge in [0.25, 0.3) is 0 Å². The highest BCUT2D eigenvalue weighted by atomic mass is 79.9. The fourth-order valence-corrected chi connectivity index (χ4v) is 2.13. The van der Waals surface area contributed by atoms with Crippen LogP contribution in [0.15, 0.2) is 40.9 Å². The molecule has 0 saturated heterocycles. The Labute approximate surface area is 120 Å². The highest BCUT2D eigenvalue weighted by Crippen LogP contribution is 2.32. The highest BCUT2D eigenvalue weighted by Gasteiger charge is 2.09. The molecule has 0 amide bonds. The third-order valence-electron chi connectivity index (χ3n) is 2.75. The first-order chi connectivity index (χ1) is 8.99. The Morgan fingerprint density at radius 1 is 1.16 bits per heavy atom. The Bertz CT molecular complexity index is 599. The van der Waals surface area contributed by atoms with E-state index in [1.54, 1.807) is 6.07 Å². The summed E-state index contributed by atoms with van der Waals surface area (Å²) in [7, 11) is 3.93. The molecule has 0 heterocycles. The molecule has 3 N–H and O–H groups in total. The van der Waals surface area contributed by atoms with Crippen LogP contribution in [0.5, 0.6) is 0 Å². The molecule has 19 heavy (non-hydrogen) atoms. The fraction of sp³-hybridized carbons (Fsp3) is 0.143. The average molecular weight is 324 g/mol. The molecule has 0 saturated carbocycles. The van der Waals surface area contributed by atoms with E-state index in [1.807, 2.05) is 43.3 Å². The summed E-state index contributed by atoms with van der Waals surface area (Å²) < 4.78 is 13.7. The van der Waals surface area contributed by atoms with E-state index in [0.717, 1.165) is 11.4 Å². The monoisotopic (exact) mass is 323 g/mol. The number of benzene rings is 2. The minimum atomic E-state index is -0.371. The zero-order chi connectivity index (χ0) is 14.0. The van der Waals surface area contributed by atoms with Crippen molar-refractivity contribution < 1.29 is 4.39 Å². The summed E-state index contributed by atoms with van der Waals surface area (Å²) in [6, 6.07) is 10.8. The number of nitrogens with two attached hydrogens (primary N) is 1. The predicted molar refractivity (Wildman–Crippen MR) is 82.6 cm³/mol. The molecule has 0 bridgehead atoms. The molecule has 0 fully saturated rings. The van der Waals surface area contributed by atoms with Crippen molar-refractivity contribution in [3.8, 4) is 0 Å². The maximum Gasteiger partial charge on any atom is 0.139 e. The molecule has 5 heteroatoms. The van der Waals surface area contributed by atoms with Crippen molar-refractivity contribution in [1.29, 1.82) is 0 Å². The van der Waals surface area contributed by atoms with E-state index in [4.69, 9.17) is 5.73 Å². The maximum atomic E-state index is 13.3. The van der Waals surface area contributed by atoms with Gasteiger partial charge in [0.2, 0.25) is 0 Å². The van der Waals surface area contributed by atoms with Gasteiger partial charge in [-0.2, -0.15) is 0 Å². The Balaban J connectivity index is 2.39. The average Bonchev–Trinajstić information content (AvgIpc) is 2.36. The molecule has 100 valence electrons. The number of halogens is 2. The van der Waals surface area contributed by atoms with Crippen LogP contribution in [-0.2, 0) is 0 Å². The number of nitrogens with one attached hydrogen (secondary N) is 1. The van der Waals surface area contributed by atoms with Crippen LogP contribution >= 0.6 is 15.9 Å². The SMILES string of the molecule is CN(C)c1ccccc1Nc1cc(Br)c(F)cc1N. The molecule has 2 aromatic carbocycles. The maximum absolute atomic E-state index is 13.3. The normalized spacial score (nSPS) is 10.3. The summed E-state index contributed by atoms with van der Waals surface area (Å²) in [5.74, 6) is -0.371. The zero-order valence-electron chi connectivity index (χ0n) is 10.7. The standard InChI is InChI=1S/C14H15BrFN3/c1-19(2)14-6-4-3-5-12(14)18-13-7-9(15)10(16)8-11(13)17/h3-8,18H,17H2,1-2H3. The lowest BCUT2D eigenvalue weighted by atomic mass is 10.2. The number of rotatable bonds is 3. The van der Waals surface area contributed by atoms with E-state index in [9.17, 15) is 4.39 Å². The lowest BCUT2D eigenvalue weighted by Crippen LogP contribution is -2.11. The van der Waals surface area contributed by atoms with Gasteiger partial charge < -0.3 is 16.0 Å². The topological polar surface area (TPSA) is 41.3 Å². The lowest BCUT2D eigenvalue weighted by molar-refractivity contribution is 0.622. The number of hydrogen-bond donors (Lipinski definition) is 2. The van der Waals surface area contributed by atoms with Crippen molar-refractivity contribution in [2.45, 2.75) is 0 Å². The molecular weight excluding hydrogens is 309 g/mol. The first kappa shape index (κ1) is 13.7. The minimum Gasteiger partial charge on any atom is -0.397 e. The van der Waals surface area contributed by atoms with Crippen molar-refractivity contribution >= 4 is 38.7 Å². The minimum absolute atomic E-state index is 0.370. The molecular formula is C14H15BrFN3. The molecule has 0 atom stereocenters. The molecule has 0 aliphatic heterocycles. The van der Waals surface area contributed by atoms with Gasteiger partial charge in [0, 0.05) is 20.2 Å². The van der Waals surface area contributed by atoms with Gasteiger partial charge in [0.1, 0.15) is 5.82 Å². The molecule has 0 aliphatic rings. The molecule has 2 aromatic rings. The Morgan fingerprint density at radius 2 is 1.84 bits per heavy atom. The van der Waals surface area contributed by atoms with E-state index in [-0.39, 0.29) is 5.82 Å². The van der Waals surface area contributed by atoms with Crippen molar-refractivity contribution in [1.82, 2.24) is 0 Å². The second kappa shape index (κ2) is 5.48. The molecule has 0 spiro atoms. The Hall–Kier alpha value is -1.75. The largest absolute Gasteiger partial charge is 0.397 e. The molecule has 2 rings (SSSR count). The Kier molecular flexibility index (Phi) is 3.95. The van der Waals surface area contributed by atoms with Crippen LogP contribution in [0.1, 0.15) is 0 Å². The smallest absolute Gasteiger partial charge is 0.139 e. The molecule has 0 radical (unpaired) electrons. The number of para-hydroxylation sites is 2.